The first-order valence-corrected chi connectivity index (χ1v) is 10.2. The Balaban J connectivity index is 1.68. The Bertz CT molecular complexity index is 936. The summed E-state index contributed by atoms with van der Waals surface area (Å²) in [5.41, 5.74) is 3.88. The summed E-state index contributed by atoms with van der Waals surface area (Å²) in [5.74, 6) is 0.571. The molecule has 1 N–H and O–H groups in total. The first-order valence-electron chi connectivity index (χ1n) is 9.37. The van der Waals surface area contributed by atoms with Gasteiger partial charge in [0.15, 0.2) is 5.13 Å². The van der Waals surface area contributed by atoms with E-state index < -0.39 is 0 Å². The van der Waals surface area contributed by atoms with Gasteiger partial charge in [0.2, 0.25) is 0 Å². The molecule has 0 fully saturated rings. The predicted octanol–water partition coefficient (Wildman–Crippen LogP) is 6.15. The highest BCUT2D eigenvalue weighted by Crippen LogP contribution is 2.28. The van der Waals surface area contributed by atoms with Gasteiger partial charge in [-0.05, 0) is 49.1 Å². The molecule has 5 heteroatoms. The van der Waals surface area contributed by atoms with Gasteiger partial charge in [-0.3, -0.25) is 10.1 Å². The van der Waals surface area contributed by atoms with Gasteiger partial charge in [-0.25, -0.2) is 4.98 Å². The van der Waals surface area contributed by atoms with Crippen LogP contribution in [0.1, 0.15) is 50.5 Å². The van der Waals surface area contributed by atoms with Crippen LogP contribution in [0.3, 0.4) is 0 Å². The topological polar surface area (TPSA) is 51.2 Å². The number of hydrogen-bond donors (Lipinski definition) is 1. The van der Waals surface area contributed by atoms with Gasteiger partial charge in [0.05, 0.1) is 11.8 Å². The SMILES string of the molecule is CC(C)Oc1ccc(C(=O)Nc2nc(-c3ccc(C(C)(C)C)cc3)cs2)cc1. The van der Waals surface area contributed by atoms with E-state index >= 15 is 0 Å². The summed E-state index contributed by atoms with van der Waals surface area (Å²) < 4.78 is 5.61. The second-order valence-corrected chi connectivity index (χ2v) is 8.87. The normalized spacial score (nSPS) is 11.5. The van der Waals surface area contributed by atoms with Crippen molar-refractivity contribution in [3.63, 3.8) is 0 Å². The zero-order chi connectivity index (χ0) is 20.3. The maximum Gasteiger partial charge on any atom is 0.257 e. The van der Waals surface area contributed by atoms with Gasteiger partial charge in [0, 0.05) is 16.5 Å². The largest absolute Gasteiger partial charge is 0.491 e. The van der Waals surface area contributed by atoms with Gasteiger partial charge in [-0.2, -0.15) is 0 Å². The Kier molecular flexibility index (Phi) is 5.84. The Hall–Kier alpha value is -2.66. The summed E-state index contributed by atoms with van der Waals surface area (Å²) in [6.45, 7) is 10.5. The number of benzene rings is 2. The average Bonchev–Trinajstić information content (AvgIpc) is 3.09. The molecule has 1 aromatic heterocycles. The number of nitrogens with zero attached hydrogens (tertiary/aromatic N) is 1. The van der Waals surface area contributed by atoms with Gasteiger partial charge < -0.3 is 4.74 Å². The lowest BCUT2D eigenvalue weighted by Gasteiger charge is -2.18. The average molecular weight is 395 g/mol. The molecule has 3 rings (SSSR count). The molecule has 0 aliphatic heterocycles. The highest BCUT2D eigenvalue weighted by molar-refractivity contribution is 7.14. The molecule has 0 saturated carbocycles. The molecule has 0 aliphatic rings. The second kappa shape index (κ2) is 8.15. The number of ether oxygens (including phenoxy) is 1. The molecule has 28 heavy (non-hydrogen) atoms. The summed E-state index contributed by atoms with van der Waals surface area (Å²) in [5, 5.41) is 5.42. The fraction of sp³-hybridized carbons (Fsp3) is 0.304. The Morgan fingerprint density at radius 3 is 2.25 bits per heavy atom. The Morgan fingerprint density at radius 1 is 1.04 bits per heavy atom. The molecule has 1 amide bonds. The molecule has 1 heterocycles. The van der Waals surface area contributed by atoms with Gasteiger partial charge >= 0.3 is 0 Å². The zero-order valence-electron chi connectivity index (χ0n) is 16.9. The molecule has 0 atom stereocenters. The van der Waals surface area contributed by atoms with E-state index in [-0.39, 0.29) is 17.4 Å². The monoisotopic (exact) mass is 394 g/mol. The van der Waals surface area contributed by atoms with Crippen LogP contribution < -0.4 is 10.1 Å². The summed E-state index contributed by atoms with van der Waals surface area (Å²) in [7, 11) is 0. The maximum atomic E-state index is 12.5. The van der Waals surface area contributed by atoms with Crippen molar-refractivity contribution in [2.24, 2.45) is 0 Å². The van der Waals surface area contributed by atoms with Crippen LogP contribution in [0.15, 0.2) is 53.9 Å². The lowest BCUT2D eigenvalue weighted by atomic mass is 9.86. The minimum atomic E-state index is -0.180. The van der Waals surface area contributed by atoms with E-state index in [2.05, 4.69) is 55.3 Å². The second-order valence-electron chi connectivity index (χ2n) is 8.01. The Labute approximate surface area is 170 Å². The van der Waals surface area contributed by atoms with Crippen molar-refractivity contribution in [2.75, 3.05) is 5.32 Å². The molecule has 4 nitrogen and oxygen atoms in total. The highest BCUT2D eigenvalue weighted by Gasteiger charge is 2.14. The van der Waals surface area contributed by atoms with E-state index in [9.17, 15) is 4.79 Å². The molecule has 146 valence electrons. The molecule has 2 aromatic carbocycles. The molecule has 0 saturated heterocycles. The van der Waals surface area contributed by atoms with Gasteiger partial charge in [0.25, 0.3) is 5.91 Å². The van der Waals surface area contributed by atoms with Crippen LogP contribution in [0, 0.1) is 0 Å². The summed E-state index contributed by atoms with van der Waals surface area (Å²) in [6, 6.07) is 15.5. The first kappa shape index (κ1) is 20.1. The van der Waals surface area contributed by atoms with Gasteiger partial charge in [-0.15, -0.1) is 11.3 Å². The van der Waals surface area contributed by atoms with E-state index in [4.69, 9.17) is 4.74 Å². The molecule has 0 spiro atoms. The smallest absolute Gasteiger partial charge is 0.257 e. The number of carbonyl (C=O) groups excluding carboxylic acids is 1. The number of carbonyl (C=O) groups is 1. The lowest BCUT2D eigenvalue weighted by Crippen LogP contribution is -2.12. The first-order chi connectivity index (χ1) is 13.2. The number of aromatic nitrogens is 1. The zero-order valence-corrected chi connectivity index (χ0v) is 17.8. The fourth-order valence-electron chi connectivity index (χ4n) is 2.73. The third-order valence-corrected chi connectivity index (χ3v) is 5.02. The van der Waals surface area contributed by atoms with Crippen molar-refractivity contribution >= 4 is 22.4 Å². The standard InChI is InChI=1S/C23H26N2O2S/c1-15(2)27-19-12-8-17(9-13-19)21(26)25-22-24-20(14-28-22)16-6-10-18(11-7-16)23(3,4)5/h6-15H,1-5H3,(H,24,25,26). The van der Waals surface area contributed by atoms with Crippen molar-refractivity contribution in [2.45, 2.75) is 46.1 Å². The van der Waals surface area contributed by atoms with E-state index in [1.165, 1.54) is 16.9 Å². The van der Waals surface area contributed by atoms with Crippen molar-refractivity contribution < 1.29 is 9.53 Å². The van der Waals surface area contributed by atoms with Crippen LogP contribution in [-0.4, -0.2) is 17.0 Å². The van der Waals surface area contributed by atoms with Crippen molar-refractivity contribution in [1.29, 1.82) is 0 Å². The molecule has 0 aliphatic carbocycles. The number of thiazole rings is 1. The van der Waals surface area contributed by atoms with E-state index in [1.54, 1.807) is 24.3 Å². The van der Waals surface area contributed by atoms with Crippen LogP contribution in [-0.2, 0) is 5.41 Å². The van der Waals surface area contributed by atoms with E-state index in [0.29, 0.717) is 10.7 Å². The van der Waals surface area contributed by atoms with Crippen LogP contribution in [0.5, 0.6) is 5.75 Å². The maximum absolute atomic E-state index is 12.5. The Morgan fingerprint density at radius 2 is 1.68 bits per heavy atom. The van der Waals surface area contributed by atoms with Crippen molar-refractivity contribution in [3.8, 4) is 17.0 Å². The fourth-order valence-corrected chi connectivity index (χ4v) is 3.45. The van der Waals surface area contributed by atoms with Crippen LogP contribution >= 0.6 is 11.3 Å². The number of nitrogens with one attached hydrogen (secondary N) is 1. The molecular formula is C23H26N2O2S. The van der Waals surface area contributed by atoms with Gasteiger partial charge in [0.1, 0.15) is 5.75 Å². The van der Waals surface area contributed by atoms with Crippen LogP contribution in [0.2, 0.25) is 0 Å². The number of hydrogen-bond acceptors (Lipinski definition) is 4. The molecular weight excluding hydrogens is 368 g/mol. The lowest BCUT2D eigenvalue weighted by molar-refractivity contribution is 0.102. The van der Waals surface area contributed by atoms with Crippen LogP contribution in [0.25, 0.3) is 11.3 Å². The minimum absolute atomic E-state index is 0.103. The molecule has 0 radical (unpaired) electrons. The third-order valence-electron chi connectivity index (χ3n) is 4.26. The molecule has 0 bridgehead atoms. The highest BCUT2D eigenvalue weighted by atomic mass is 32.1. The van der Waals surface area contributed by atoms with Crippen molar-refractivity contribution in [3.05, 3.63) is 65.0 Å². The molecule has 0 unspecified atom stereocenters. The number of anilines is 1. The van der Waals surface area contributed by atoms with E-state index in [0.717, 1.165) is 17.0 Å². The van der Waals surface area contributed by atoms with Crippen LogP contribution in [0.4, 0.5) is 5.13 Å². The predicted molar refractivity (Wildman–Crippen MR) is 116 cm³/mol. The van der Waals surface area contributed by atoms with Crippen molar-refractivity contribution in [1.82, 2.24) is 4.98 Å². The summed E-state index contributed by atoms with van der Waals surface area (Å²) >= 11 is 1.42. The van der Waals surface area contributed by atoms with E-state index in [1.807, 2.05) is 19.2 Å². The summed E-state index contributed by atoms with van der Waals surface area (Å²) in [4.78, 5) is 17.0. The quantitative estimate of drug-likeness (QED) is 0.565. The summed E-state index contributed by atoms with van der Waals surface area (Å²) in [6.07, 6.45) is 0.103. The number of amides is 1. The number of rotatable bonds is 5. The third kappa shape index (κ3) is 4.98. The minimum Gasteiger partial charge on any atom is -0.491 e. The molecule has 3 aromatic rings. The van der Waals surface area contributed by atoms with Gasteiger partial charge in [-0.1, -0.05) is 45.0 Å².